The molecule has 0 N–H and O–H groups in total. The second-order valence-corrected chi connectivity index (χ2v) is 4.56. The zero-order chi connectivity index (χ0) is 12.8. The van der Waals surface area contributed by atoms with E-state index in [-0.39, 0.29) is 0 Å². The van der Waals surface area contributed by atoms with Crippen LogP contribution in [-0.4, -0.2) is 0 Å². The van der Waals surface area contributed by atoms with E-state index in [1.54, 1.807) is 0 Å². The van der Waals surface area contributed by atoms with Crippen LogP contribution in [0.1, 0.15) is 16.7 Å². The average molecular weight is 255 g/mol. The molecular weight excluding hydrogens is 240 g/mol. The van der Waals surface area contributed by atoms with Gasteiger partial charge in [-0.1, -0.05) is 83.9 Å². The van der Waals surface area contributed by atoms with Gasteiger partial charge in [0.2, 0.25) is 0 Å². The zero-order valence-corrected chi connectivity index (χ0v) is 11.1. The molecule has 0 atom stereocenters. The topological polar surface area (TPSA) is 0 Å². The molecule has 0 saturated heterocycles. The summed E-state index contributed by atoms with van der Waals surface area (Å²) in [7, 11) is 0. The zero-order valence-electron chi connectivity index (χ0n) is 10.3. The van der Waals surface area contributed by atoms with Gasteiger partial charge in [0.1, 0.15) is 0 Å². The highest BCUT2D eigenvalue weighted by Gasteiger charge is 1.95. The number of allylic oxidation sites excluding steroid dienone is 2. The van der Waals surface area contributed by atoms with Gasteiger partial charge in [0.15, 0.2) is 0 Å². The molecule has 0 heterocycles. The van der Waals surface area contributed by atoms with Gasteiger partial charge in [-0.2, -0.15) is 0 Å². The van der Waals surface area contributed by atoms with Crippen LogP contribution in [0.15, 0.2) is 66.7 Å². The molecule has 0 unspecified atom stereocenters. The first-order chi connectivity index (χ1) is 8.75. The van der Waals surface area contributed by atoms with Gasteiger partial charge in [-0.05, 0) is 24.1 Å². The highest BCUT2D eigenvalue weighted by atomic mass is 35.5. The summed E-state index contributed by atoms with van der Waals surface area (Å²) < 4.78 is 0. The van der Waals surface area contributed by atoms with Crippen molar-refractivity contribution in [2.75, 3.05) is 0 Å². The molecule has 0 radical (unpaired) electrons. The first-order valence-electron chi connectivity index (χ1n) is 5.92. The van der Waals surface area contributed by atoms with Crippen molar-refractivity contribution in [2.24, 2.45) is 0 Å². The summed E-state index contributed by atoms with van der Waals surface area (Å²) in [5.41, 5.74) is 3.45. The normalized spacial score (nSPS) is 12.0. The highest BCUT2D eigenvalue weighted by molar-refractivity contribution is 6.48. The fourth-order valence-corrected chi connectivity index (χ4v) is 1.82. The lowest BCUT2D eigenvalue weighted by atomic mass is 10.1. The largest absolute Gasteiger partial charge is 0.0837 e. The Morgan fingerprint density at radius 3 is 2.28 bits per heavy atom. The monoisotopic (exact) mass is 254 g/mol. The number of rotatable bonds is 3. The van der Waals surface area contributed by atoms with E-state index in [2.05, 4.69) is 31.2 Å². The fourth-order valence-electron chi connectivity index (χ4n) is 1.62. The Labute approximate surface area is 113 Å². The Kier molecular flexibility index (Phi) is 4.38. The number of hydrogen-bond acceptors (Lipinski definition) is 0. The van der Waals surface area contributed by atoms with E-state index in [0.717, 1.165) is 10.6 Å². The molecular formula is C17H15Cl. The summed E-state index contributed by atoms with van der Waals surface area (Å²) in [6.45, 7) is 2.07. The van der Waals surface area contributed by atoms with Gasteiger partial charge in [0, 0.05) is 5.03 Å². The number of aryl methyl sites for hydroxylation is 1. The van der Waals surface area contributed by atoms with Crippen LogP contribution in [-0.2, 0) is 0 Å². The molecule has 18 heavy (non-hydrogen) atoms. The molecule has 2 aromatic rings. The Morgan fingerprint density at radius 1 is 0.944 bits per heavy atom. The summed E-state index contributed by atoms with van der Waals surface area (Å²) >= 11 is 6.23. The van der Waals surface area contributed by atoms with Crippen LogP contribution in [0, 0.1) is 6.92 Å². The second kappa shape index (κ2) is 6.23. The number of hydrogen-bond donors (Lipinski definition) is 0. The maximum atomic E-state index is 6.23. The third kappa shape index (κ3) is 3.61. The molecule has 0 aliphatic carbocycles. The molecule has 2 aromatic carbocycles. The van der Waals surface area contributed by atoms with Crippen molar-refractivity contribution in [3.8, 4) is 0 Å². The minimum Gasteiger partial charge on any atom is -0.0837 e. The molecule has 0 aliphatic rings. The second-order valence-electron chi connectivity index (χ2n) is 4.15. The number of benzene rings is 2. The van der Waals surface area contributed by atoms with Gasteiger partial charge in [-0.3, -0.25) is 0 Å². The van der Waals surface area contributed by atoms with Crippen molar-refractivity contribution in [2.45, 2.75) is 6.92 Å². The maximum Gasteiger partial charge on any atom is 0.0478 e. The molecule has 0 bridgehead atoms. The molecule has 0 amide bonds. The van der Waals surface area contributed by atoms with Crippen LogP contribution in [0.3, 0.4) is 0 Å². The predicted octanol–water partition coefficient (Wildman–Crippen LogP) is 5.29. The van der Waals surface area contributed by atoms with Crippen molar-refractivity contribution in [1.29, 1.82) is 0 Å². The molecule has 0 aromatic heterocycles. The van der Waals surface area contributed by atoms with E-state index in [9.17, 15) is 0 Å². The summed E-state index contributed by atoms with van der Waals surface area (Å²) in [6, 6.07) is 18.4. The van der Waals surface area contributed by atoms with Gasteiger partial charge >= 0.3 is 0 Å². The van der Waals surface area contributed by atoms with Crippen LogP contribution < -0.4 is 0 Å². The first-order valence-corrected chi connectivity index (χ1v) is 6.29. The molecule has 1 heteroatoms. The standard InChI is InChI=1S/C17H15Cl/c1-14-10-12-16(13-11-14)17(18)9-5-8-15-6-3-2-4-7-15/h2-13H,1H3/b8-5+,17-9+. The van der Waals surface area contributed by atoms with Crippen LogP contribution in [0.2, 0.25) is 0 Å². The Morgan fingerprint density at radius 2 is 1.61 bits per heavy atom. The van der Waals surface area contributed by atoms with Crippen molar-refractivity contribution in [1.82, 2.24) is 0 Å². The van der Waals surface area contributed by atoms with Crippen molar-refractivity contribution >= 4 is 22.7 Å². The van der Waals surface area contributed by atoms with Gasteiger partial charge in [0.25, 0.3) is 0 Å². The quantitative estimate of drug-likeness (QED) is 0.653. The molecule has 90 valence electrons. The minimum atomic E-state index is 0.752. The van der Waals surface area contributed by atoms with E-state index in [4.69, 9.17) is 11.6 Å². The predicted molar refractivity (Wildman–Crippen MR) is 80.5 cm³/mol. The first kappa shape index (κ1) is 12.7. The van der Waals surface area contributed by atoms with Crippen molar-refractivity contribution in [3.05, 3.63) is 83.4 Å². The molecule has 0 aliphatic heterocycles. The van der Waals surface area contributed by atoms with E-state index in [1.807, 2.05) is 48.6 Å². The lowest BCUT2D eigenvalue weighted by Crippen LogP contribution is -1.77. The van der Waals surface area contributed by atoms with Gasteiger partial charge < -0.3 is 0 Å². The molecule has 0 fully saturated rings. The highest BCUT2D eigenvalue weighted by Crippen LogP contribution is 2.19. The van der Waals surface area contributed by atoms with Crippen molar-refractivity contribution in [3.63, 3.8) is 0 Å². The van der Waals surface area contributed by atoms with E-state index in [0.29, 0.717) is 0 Å². The van der Waals surface area contributed by atoms with Crippen LogP contribution in [0.5, 0.6) is 0 Å². The van der Waals surface area contributed by atoms with E-state index >= 15 is 0 Å². The van der Waals surface area contributed by atoms with E-state index < -0.39 is 0 Å². The average Bonchev–Trinajstić information content (AvgIpc) is 2.40. The SMILES string of the molecule is Cc1ccc(/C(Cl)=C\C=C\c2ccccc2)cc1. The Hall–Kier alpha value is -1.79. The minimum absolute atomic E-state index is 0.752. The van der Waals surface area contributed by atoms with Crippen LogP contribution in [0.4, 0.5) is 0 Å². The summed E-state index contributed by atoms with van der Waals surface area (Å²) in [4.78, 5) is 0. The number of halogens is 1. The third-order valence-corrected chi connectivity index (χ3v) is 3.00. The van der Waals surface area contributed by atoms with Crippen molar-refractivity contribution < 1.29 is 0 Å². The van der Waals surface area contributed by atoms with Crippen LogP contribution >= 0.6 is 11.6 Å². The molecule has 2 rings (SSSR count). The van der Waals surface area contributed by atoms with Crippen LogP contribution in [0.25, 0.3) is 11.1 Å². The maximum absolute atomic E-state index is 6.23. The summed E-state index contributed by atoms with van der Waals surface area (Å²) in [5.74, 6) is 0. The lowest BCUT2D eigenvalue weighted by molar-refractivity contribution is 1.46. The summed E-state index contributed by atoms with van der Waals surface area (Å²) in [5, 5.41) is 0.752. The molecule has 0 saturated carbocycles. The van der Waals surface area contributed by atoms with Gasteiger partial charge in [-0.15, -0.1) is 0 Å². The third-order valence-electron chi connectivity index (χ3n) is 2.66. The van der Waals surface area contributed by atoms with Gasteiger partial charge in [-0.25, -0.2) is 0 Å². The van der Waals surface area contributed by atoms with Gasteiger partial charge in [0.05, 0.1) is 0 Å². The molecule has 0 spiro atoms. The molecule has 0 nitrogen and oxygen atoms in total. The Bertz CT molecular complexity index is 548. The lowest BCUT2D eigenvalue weighted by Gasteiger charge is -1.98. The fraction of sp³-hybridized carbons (Fsp3) is 0.0588. The Balaban J connectivity index is 2.10. The smallest absolute Gasteiger partial charge is 0.0478 e. The summed E-state index contributed by atoms with van der Waals surface area (Å²) in [6.07, 6.45) is 5.92. The van der Waals surface area contributed by atoms with E-state index in [1.165, 1.54) is 11.1 Å².